The van der Waals surface area contributed by atoms with Crippen LogP contribution in [0.25, 0.3) is 11.5 Å². The molecule has 8 nitrogen and oxygen atoms in total. The van der Waals surface area contributed by atoms with E-state index in [0.717, 1.165) is 19.4 Å². The summed E-state index contributed by atoms with van der Waals surface area (Å²) in [5.41, 5.74) is 1.08. The lowest BCUT2D eigenvalue weighted by Gasteiger charge is -2.32. The number of nitrogens with one attached hydrogen (secondary N) is 1. The molecule has 3 heterocycles. The van der Waals surface area contributed by atoms with Gasteiger partial charge in [0, 0.05) is 38.6 Å². The van der Waals surface area contributed by atoms with Crippen molar-refractivity contribution in [2.45, 2.75) is 12.8 Å². The minimum absolute atomic E-state index is 0.0120. The number of nitrogens with zero attached hydrogens (tertiary/aromatic N) is 5. The smallest absolute Gasteiger partial charge is 0.259 e. The Bertz CT molecular complexity index is 1090. The zero-order valence-corrected chi connectivity index (χ0v) is 18.9. The molecule has 2 amide bonds. The van der Waals surface area contributed by atoms with Gasteiger partial charge in [-0.1, -0.05) is 0 Å². The molecular formula is C24H29FN6O2. The summed E-state index contributed by atoms with van der Waals surface area (Å²) in [6.07, 6.45) is 6.75. The van der Waals surface area contributed by atoms with Crippen molar-refractivity contribution in [3.05, 3.63) is 66.4 Å². The fourth-order valence-corrected chi connectivity index (χ4v) is 4.08. The number of benzene rings is 1. The quantitative estimate of drug-likeness (QED) is 0.597. The highest BCUT2D eigenvalue weighted by atomic mass is 19.1. The fraction of sp³-hybridized carbons (Fsp3) is 0.375. The van der Waals surface area contributed by atoms with Gasteiger partial charge in [0.2, 0.25) is 5.91 Å². The van der Waals surface area contributed by atoms with Crippen molar-refractivity contribution in [3.8, 4) is 11.5 Å². The summed E-state index contributed by atoms with van der Waals surface area (Å²) in [5.74, 6) is -0.172. The SMILES string of the molecule is CN(C)CCNC(=O)[C@@H]1CCCN(C(=O)c2cnn(-c3ccc(F)cc3)c2-n2cccc2)C1. The van der Waals surface area contributed by atoms with Crippen molar-refractivity contribution in [2.24, 2.45) is 5.92 Å². The Kier molecular flexibility index (Phi) is 6.88. The van der Waals surface area contributed by atoms with Gasteiger partial charge in [0.1, 0.15) is 11.4 Å². The average Bonchev–Trinajstić information content (AvgIpc) is 3.49. The van der Waals surface area contributed by atoms with Crippen LogP contribution in [0.15, 0.2) is 55.0 Å². The Morgan fingerprint density at radius 1 is 1.18 bits per heavy atom. The van der Waals surface area contributed by atoms with Crippen molar-refractivity contribution in [3.63, 3.8) is 0 Å². The molecule has 0 bridgehead atoms. The molecule has 1 N–H and O–H groups in total. The molecule has 0 radical (unpaired) electrons. The number of likely N-dealkylation sites (N-methyl/N-ethyl adjacent to an activating group) is 1. The van der Waals surface area contributed by atoms with Crippen molar-refractivity contribution in [1.29, 1.82) is 0 Å². The number of carbonyl (C=O) groups excluding carboxylic acids is 2. The summed E-state index contributed by atoms with van der Waals surface area (Å²) >= 11 is 0. The number of likely N-dealkylation sites (tertiary alicyclic amines) is 1. The van der Waals surface area contributed by atoms with E-state index >= 15 is 0 Å². The standard InChI is InChI=1S/C24H29FN6O2/c1-28(2)15-11-26-22(32)18-6-5-14-30(17-18)24(33)21-16-27-31(20-9-7-19(25)8-10-20)23(21)29-12-3-4-13-29/h3-4,7-10,12-13,16,18H,5-6,11,14-15,17H2,1-2H3,(H,26,32)/t18-/m1/s1. The highest BCUT2D eigenvalue weighted by Gasteiger charge is 2.31. The van der Waals surface area contributed by atoms with Crippen LogP contribution in [0, 0.1) is 11.7 Å². The van der Waals surface area contributed by atoms with E-state index in [1.807, 2.05) is 48.1 Å². The predicted octanol–water partition coefficient (Wildman–Crippen LogP) is 2.33. The third kappa shape index (κ3) is 5.14. The fourth-order valence-electron chi connectivity index (χ4n) is 4.08. The number of hydrogen-bond acceptors (Lipinski definition) is 4. The van der Waals surface area contributed by atoms with E-state index < -0.39 is 0 Å². The van der Waals surface area contributed by atoms with Crippen LogP contribution in [0.2, 0.25) is 0 Å². The molecule has 1 saturated heterocycles. The zero-order chi connectivity index (χ0) is 23.4. The van der Waals surface area contributed by atoms with Crippen LogP contribution in [-0.2, 0) is 4.79 Å². The third-order valence-corrected chi connectivity index (χ3v) is 5.83. The molecule has 1 aromatic carbocycles. The van der Waals surface area contributed by atoms with E-state index in [0.29, 0.717) is 36.7 Å². The van der Waals surface area contributed by atoms with Gasteiger partial charge in [-0.25, -0.2) is 9.07 Å². The van der Waals surface area contributed by atoms with Crippen LogP contribution >= 0.6 is 0 Å². The maximum absolute atomic E-state index is 13.5. The largest absolute Gasteiger partial charge is 0.355 e. The van der Waals surface area contributed by atoms with Crippen molar-refractivity contribution in [2.75, 3.05) is 40.3 Å². The third-order valence-electron chi connectivity index (χ3n) is 5.83. The van der Waals surface area contributed by atoms with E-state index in [2.05, 4.69) is 10.4 Å². The van der Waals surface area contributed by atoms with Crippen LogP contribution < -0.4 is 5.32 Å². The maximum atomic E-state index is 13.5. The number of rotatable bonds is 7. The first-order chi connectivity index (χ1) is 15.9. The lowest BCUT2D eigenvalue weighted by atomic mass is 9.96. The summed E-state index contributed by atoms with van der Waals surface area (Å²) in [7, 11) is 3.92. The van der Waals surface area contributed by atoms with Gasteiger partial charge >= 0.3 is 0 Å². The van der Waals surface area contributed by atoms with Gasteiger partial charge < -0.3 is 19.7 Å². The minimum atomic E-state index is -0.340. The van der Waals surface area contributed by atoms with Crippen molar-refractivity contribution in [1.82, 2.24) is 29.5 Å². The zero-order valence-electron chi connectivity index (χ0n) is 18.9. The molecule has 3 aromatic rings. The van der Waals surface area contributed by atoms with E-state index in [4.69, 9.17) is 0 Å². The molecule has 2 aromatic heterocycles. The number of halogens is 1. The molecule has 1 aliphatic rings. The molecule has 1 atom stereocenters. The Balaban J connectivity index is 1.56. The summed E-state index contributed by atoms with van der Waals surface area (Å²) in [5, 5.41) is 7.42. The van der Waals surface area contributed by atoms with Crippen molar-refractivity contribution < 1.29 is 14.0 Å². The minimum Gasteiger partial charge on any atom is -0.355 e. The highest BCUT2D eigenvalue weighted by Crippen LogP contribution is 2.24. The van der Waals surface area contributed by atoms with Crippen LogP contribution in [0.4, 0.5) is 4.39 Å². The summed E-state index contributed by atoms with van der Waals surface area (Å²) in [6.45, 7) is 2.31. The summed E-state index contributed by atoms with van der Waals surface area (Å²) < 4.78 is 16.9. The second kappa shape index (κ2) is 9.99. The second-order valence-electron chi connectivity index (χ2n) is 8.55. The number of hydrogen-bond donors (Lipinski definition) is 1. The second-order valence-corrected chi connectivity index (χ2v) is 8.55. The van der Waals surface area contributed by atoms with Crippen LogP contribution in [-0.4, -0.2) is 76.2 Å². The molecule has 33 heavy (non-hydrogen) atoms. The summed E-state index contributed by atoms with van der Waals surface area (Å²) in [6, 6.07) is 9.71. The first-order valence-corrected chi connectivity index (χ1v) is 11.1. The molecule has 0 unspecified atom stereocenters. The van der Waals surface area contributed by atoms with Gasteiger partial charge in [0.05, 0.1) is 17.8 Å². The summed E-state index contributed by atoms with van der Waals surface area (Å²) in [4.78, 5) is 29.9. The molecule has 9 heteroatoms. The monoisotopic (exact) mass is 452 g/mol. The number of piperidine rings is 1. The lowest BCUT2D eigenvalue weighted by Crippen LogP contribution is -2.46. The molecule has 0 saturated carbocycles. The van der Waals surface area contributed by atoms with Crippen molar-refractivity contribution >= 4 is 11.8 Å². The van der Waals surface area contributed by atoms with Gasteiger partial charge in [-0.3, -0.25) is 9.59 Å². The molecule has 4 rings (SSSR count). The molecule has 1 aliphatic heterocycles. The molecule has 0 spiro atoms. The number of amides is 2. The molecule has 1 fully saturated rings. The van der Waals surface area contributed by atoms with E-state index in [1.54, 1.807) is 27.9 Å². The van der Waals surface area contributed by atoms with Gasteiger partial charge in [0.15, 0.2) is 5.82 Å². The highest BCUT2D eigenvalue weighted by molar-refractivity contribution is 5.97. The van der Waals surface area contributed by atoms with Crippen LogP contribution in [0.3, 0.4) is 0 Å². The lowest BCUT2D eigenvalue weighted by molar-refractivity contribution is -0.126. The molecule has 0 aliphatic carbocycles. The maximum Gasteiger partial charge on any atom is 0.259 e. The van der Waals surface area contributed by atoms with E-state index in [1.165, 1.54) is 12.1 Å². The van der Waals surface area contributed by atoms with Gasteiger partial charge in [-0.15, -0.1) is 0 Å². The molecular weight excluding hydrogens is 423 g/mol. The Morgan fingerprint density at radius 3 is 2.61 bits per heavy atom. The predicted molar refractivity (Wildman–Crippen MR) is 123 cm³/mol. The topological polar surface area (TPSA) is 75.4 Å². The number of aromatic nitrogens is 3. The van der Waals surface area contributed by atoms with Crippen LogP contribution in [0.1, 0.15) is 23.2 Å². The average molecular weight is 453 g/mol. The van der Waals surface area contributed by atoms with Gasteiger partial charge in [-0.2, -0.15) is 5.10 Å². The van der Waals surface area contributed by atoms with Gasteiger partial charge in [-0.05, 0) is 63.3 Å². The Hall–Kier alpha value is -3.46. The van der Waals surface area contributed by atoms with Gasteiger partial charge in [0.25, 0.3) is 5.91 Å². The normalized spacial score (nSPS) is 16.2. The number of carbonyl (C=O) groups is 2. The first-order valence-electron chi connectivity index (χ1n) is 11.1. The van der Waals surface area contributed by atoms with E-state index in [9.17, 15) is 14.0 Å². The van der Waals surface area contributed by atoms with Crippen LogP contribution in [0.5, 0.6) is 0 Å². The first kappa shape index (κ1) is 22.7. The molecule has 174 valence electrons. The Morgan fingerprint density at radius 2 is 1.91 bits per heavy atom. The Labute approximate surface area is 192 Å². The van der Waals surface area contributed by atoms with E-state index in [-0.39, 0.29) is 23.5 Å².